The first-order valence-corrected chi connectivity index (χ1v) is 37.2. The van der Waals surface area contributed by atoms with Crippen molar-refractivity contribution in [3.8, 4) is 0 Å². The zero-order chi connectivity index (χ0) is 68.9. The van der Waals surface area contributed by atoms with Gasteiger partial charge in [-0.1, -0.05) is 52.4 Å². The third kappa shape index (κ3) is 31.4. The van der Waals surface area contributed by atoms with Gasteiger partial charge in [0, 0.05) is 38.0 Å². The topological polar surface area (TPSA) is 645 Å². The van der Waals surface area contributed by atoms with Crippen molar-refractivity contribution in [2.45, 2.75) is 164 Å². The van der Waals surface area contributed by atoms with E-state index in [9.17, 15) is 123 Å². The summed E-state index contributed by atoms with van der Waals surface area (Å²) in [6.07, 6.45) is -22.6. The Hall–Kier alpha value is -3.32. The minimum absolute atomic E-state index is 0.393. The Morgan fingerprint density at radius 2 is 0.692 bits per heavy atom. The van der Waals surface area contributed by atoms with E-state index in [0.717, 1.165) is 22.6 Å². The number of hydrogen-bond donors (Lipinski definition) is 10. The summed E-state index contributed by atoms with van der Waals surface area (Å²) in [7, 11) is -46.5. The molecular weight excluding hydrogens is 1420 g/mol. The number of amides is 4. The van der Waals surface area contributed by atoms with Gasteiger partial charge in [0.25, 0.3) is 0 Å². The minimum Gasteiger partial charge on any atom is -0.352 e. The highest BCUT2D eigenvalue weighted by Crippen LogP contribution is 2.35. The van der Waals surface area contributed by atoms with E-state index < -0.39 is 251 Å². The van der Waals surface area contributed by atoms with Gasteiger partial charge in [-0.25, -0.2) is 33.5 Å². The van der Waals surface area contributed by atoms with Gasteiger partial charge in [-0.15, -0.1) is 0 Å². The van der Waals surface area contributed by atoms with Gasteiger partial charge in [-0.3, -0.25) is 55.6 Å². The first kappa shape index (κ1) is 80.1. The summed E-state index contributed by atoms with van der Waals surface area (Å²) in [6.45, 7) is -6.01. The van der Waals surface area contributed by atoms with Gasteiger partial charge in [-0.05, 0) is 31.1 Å². The quantitative estimate of drug-likeness (QED) is 0.0265. The van der Waals surface area contributed by atoms with E-state index in [0.29, 0.717) is 51.4 Å². The second-order valence-corrected chi connectivity index (χ2v) is 29.6. The smallest absolute Gasteiger partial charge is 0.352 e. The molecule has 10 atom stereocenters. The molecule has 4 rings (SSSR count). The Labute approximate surface area is 522 Å². The summed E-state index contributed by atoms with van der Waals surface area (Å²) in [4.78, 5) is 57.6. The average molecular weight is 1490 g/mol. The lowest BCUT2D eigenvalue weighted by molar-refractivity contribution is -0.286. The lowest BCUT2D eigenvalue weighted by atomic mass is 9.84. The highest BCUT2D eigenvalue weighted by molar-refractivity contribution is 7.82. The van der Waals surface area contributed by atoms with E-state index in [1.54, 1.807) is 0 Å². The fraction of sp³-hybridized carbons (Fsp3) is 0.897. The molecule has 0 aromatic carbocycles. The third-order valence-corrected chi connectivity index (χ3v) is 16.9. The van der Waals surface area contributed by atoms with Gasteiger partial charge in [0.15, 0.2) is 24.8 Å². The lowest BCUT2D eigenvalue weighted by Gasteiger charge is -2.43. The SMILES string of the molecule is CC(C)(CC(=O)N(CCO[C@H]1O[C@@H](COS(=O)(=O)O)[C@@H](OS(=O)(=O)O)[C@H](OS(=O)(=O)O)[C@H]1OS(=O)(=O)O)CC(=O)NC1CCCCC1)CC(=O)N(CCO[C@H]1O[C@@H](COS(=O)(=O)O)[C@@H](OS(=O)(=O)O)[C@H](OS(=O)(=O)O)[C@H]1OS(=O)(=O)O)CC(=O)NC1CCCCC1. The zero-order valence-electron chi connectivity index (χ0n) is 47.4. The van der Waals surface area contributed by atoms with E-state index in [1.807, 2.05) is 0 Å². The van der Waals surface area contributed by atoms with E-state index in [2.05, 4.69) is 44.1 Å². The molecule has 4 amide bonds. The molecule has 44 nitrogen and oxygen atoms in total. The van der Waals surface area contributed by atoms with Crippen LogP contribution in [0.1, 0.15) is 90.9 Å². The maximum atomic E-state index is 14.4. The number of rotatable bonds is 36. The Morgan fingerprint density at radius 1 is 0.418 bits per heavy atom. The van der Waals surface area contributed by atoms with Crippen LogP contribution in [0, 0.1) is 5.41 Å². The minimum atomic E-state index is -5.94. The Morgan fingerprint density at radius 3 is 0.967 bits per heavy atom. The van der Waals surface area contributed by atoms with E-state index >= 15 is 0 Å². The van der Waals surface area contributed by atoms with Crippen molar-refractivity contribution in [1.82, 2.24) is 20.4 Å². The van der Waals surface area contributed by atoms with Crippen molar-refractivity contribution in [3.63, 3.8) is 0 Å². The molecule has 0 bridgehead atoms. The van der Waals surface area contributed by atoms with Crippen molar-refractivity contribution in [2.24, 2.45) is 5.41 Å². The molecule has 10 N–H and O–H groups in total. The monoisotopic (exact) mass is 1490 g/mol. The standard InChI is InChI=1S/C39H68N4O40S8/c1-39(2,17-29(46)42(19-27(44)40-23-9-5-3-6-10-23)13-15-72-37-35(82-90(66,67)68)33(80-88(60,61)62)31(78-86(54,55)56)25(76-37)21-74-84(48,49)50)18-30(47)43(20-28(45)41-24-11-7-4-8-12-24)14-16-73-38-36(83-91(69,70)71)34(81-89(63,64)65)32(79-87(57,58)59)26(77-38)22-75-85(51,52)53/h23-26,31-38H,3-22H2,1-2H3,(H,40,44)(H,41,45)(H,48,49,50)(H,51,52,53)(H,54,55,56)(H,57,58,59)(H,60,61,62)(H,63,64,65)(H,66,67,68)(H,69,70,71)/t25-,26-,31+,32+,33-,34-,35+,36+,37-,38-/m0/s1. The first-order valence-electron chi connectivity index (χ1n) is 26.3. The molecule has 91 heavy (non-hydrogen) atoms. The maximum absolute atomic E-state index is 14.4. The Bertz CT molecular complexity index is 3210. The zero-order valence-corrected chi connectivity index (χ0v) is 53.9. The van der Waals surface area contributed by atoms with Crippen LogP contribution in [-0.4, -0.2) is 263 Å². The van der Waals surface area contributed by atoms with Gasteiger partial charge in [0.1, 0.15) is 36.6 Å². The molecule has 2 aliphatic carbocycles. The molecule has 2 aliphatic heterocycles. The maximum Gasteiger partial charge on any atom is 0.397 e. The molecule has 0 aromatic rings. The Balaban J connectivity index is 1.69. The summed E-state index contributed by atoms with van der Waals surface area (Å²) < 4.78 is 322. The van der Waals surface area contributed by atoms with Gasteiger partial charge in [0.05, 0.1) is 39.5 Å². The molecule has 532 valence electrons. The highest BCUT2D eigenvalue weighted by atomic mass is 32.3. The summed E-state index contributed by atoms with van der Waals surface area (Å²) in [5.41, 5.74) is -1.58. The van der Waals surface area contributed by atoms with Gasteiger partial charge in [0.2, 0.25) is 23.6 Å². The summed E-state index contributed by atoms with van der Waals surface area (Å²) in [5, 5.41) is 5.48. The number of carbonyl (C=O) groups excluding carboxylic acids is 4. The molecule has 52 heteroatoms. The van der Waals surface area contributed by atoms with E-state index in [4.69, 9.17) is 18.9 Å². The molecule has 0 aromatic heterocycles. The number of ether oxygens (including phenoxy) is 4. The summed E-state index contributed by atoms with van der Waals surface area (Å²) in [6, 6.07) is -0.785. The predicted octanol–water partition coefficient (Wildman–Crippen LogP) is -4.40. The van der Waals surface area contributed by atoms with Crippen molar-refractivity contribution >= 4 is 107 Å². The van der Waals surface area contributed by atoms with Crippen LogP contribution in [0.15, 0.2) is 0 Å². The average Bonchev–Trinajstić information content (AvgIpc) is 0.787. The largest absolute Gasteiger partial charge is 0.397 e. The fourth-order valence-corrected chi connectivity index (χ4v) is 13.3. The highest BCUT2D eigenvalue weighted by Gasteiger charge is 2.56. The van der Waals surface area contributed by atoms with Gasteiger partial charge >= 0.3 is 83.2 Å². The van der Waals surface area contributed by atoms with E-state index in [-0.39, 0.29) is 0 Å². The third-order valence-electron chi connectivity index (χ3n) is 13.2. The van der Waals surface area contributed by atoms with Crippen LogP contribution in [0.4, 0.5) is 0 Å². The summed E-state index contributed by atoms with van der Waals surface area (Å²) >= 11 is 0. The molecule has 2 saturated carbocycles. The number of carbonyl (C=O) groups is 4. The number of nitrogens with zero attached hydrogens (tertiary/aromatic N) is 2. The summed E-state index contributed by atoms with van der Waals surface area (Å²) in [5.74, 6) is -3.64. The molecule has 0 spiro atoms. The van der Waals surface area contributed by atoms with Crippen LogP contribution in [-0.2, 0) is 155 Å². The second kappa shape index (κ2) is 33.1. The molecule has 2 heterocycles. The normalized spacial score (nSPS) is 25.7. The lowest BCUT2D eigenvalue weighted by Crippen LogP contribution is -2.63. The van der Waals surface area contributed by atoms with E-state index in [1.165, 1.54) is 13.8 Å². The van der Waals surface area contributed by atoms with Crippen molar-refractivity contribution in [3.05, 3.63) is 0 Å². The molecular formula is C39H68N4O40S8. The molecule has 0 unspecified atom stereocenters. The van der Waals surface area contributed by atoms with Crippen LogP contribution in [0.2, 0.25) is 0 Å². The van der Waals surface area contributed by atoms with Gasteiger partial charge < -0.3 is 39.4 Å². The number of hydrogen-bond acceptors (Lipinski definition) is 32. The molecule has 4 fully saturated rings. The number of nitrogens with one attached hydrogen (secondary N) is 2. The molecule has 0 radical (unpaired) electrons. The van der Waals surface area contributed by atoms with Gasteiger partial charge in [-0.2, -0.15) is 67.3 Å². The van der Waals surface area contributed by atoms with Crippen LogP contribution >= 0.6 is 0 Å². The van der Waals surface area contributed by atoms with Crippen molar-refractivity contribution < 1.29 is 175 Å². The predicted molar refractivity (Wildman–Crippen MR) is 289 cm³/mol. The van der Waals surface area contributed by atoms with Crippen LogP contribution in [0.5, 0.6) is 0 Å². The fourth-order valence-electron chi connectivity index (χ4n) is 9.73. The first-order chi connectivity index (χ1) is 41.4. The molecule has 2 saturated heterocycles. The van der Waals surface area contributed by atoms with Crippen LogP contribution < -0.4 is 10.6 Å². The van der Waals surface area contributed by atoms with Crippen molar-refractivity contribution in [1.29, 1.82) is 0 Å². The molecule has 4 aliphatic rings. The Kier molecular flexibility index (Phi) is 29.1. The van der Waals surface area contributed by atoms with Crippen LogP contribution in [0.25, 0.3) is 0 Å². The second-order valence-electron chi connectivity index (χ2n) is 21.1. The van der Waals surface area contributed by atoms with Crippen LogP contribution in [0.3, 0.4) is 0 Å². The van der Waals surface area contributed by atoms with Crippen molar-refractivity contribution in [2.75, 3.05) is 52.6 Å².